The number of ether oxygens (including phenoxy) is 1. The first kappa shape index (κ1) is 23.1. The highest BCUT2D eigenvalue weighted by Crippen LogP contribution is 2.33. The van der Waals surface area contributed by atoms with Crippen molar-refractivity contribution < 1.29 is 4.74 Å². The predicted molar refractivity (Wildman–Crippen MR) is 86.4 cm³/mol. The standard InChI is InChI=1S/C6H10O.C4H10.C3H8.2C2H6/c1-2-5-4-6(3-1)7-5;1-3-4-2;1-3-2;2*1-2/h5-6H,1-4H2;3-4H2,1-2H3;3H2,1-2H3;2*1-2H3. The number of rotatable bonds is 1. The van der Waals surface area contributed by atoms with Gasteiger partial charge in [0.1, 0.15) is 0 Å². The van der Waals surface area contributed by atoms with E-state index in [9.17, 15) is 0 Å². The minimum atomic E-state index is 0.679. The summed E-state index contributed by atoms with van der Waals surface area (Å²) in [6.07, 6.45) is 10.7. The number of fused-ring (bicyclic) bond motifs is 2. The van der Waals surface area contributed by atoms with Crippen LogP contribution < -0.4 is 0 Å². The van der Waals surface area contributed by atoms with Crippen LogP contribution in [0.15, 0.2) is 0 Å². The van der Waals surface area contributed by atoms with Gasteiger partial charge >= 0.3 is 0 Å². The Labute approximate surface area is 118 Å². The van der Waals surface area contributed by atoms with E-state index >= 15 is 0 Å². The second-order valence-electron chi connectivity index (χ2n) is 4.25. The zero-order valence-electron chi connectivity index (χ0n) is 14.5. The van der Waals surface area contributed by atoms with Gasteiger partial charge < -0.3 is 4.74 Å². The molecule has 0 radical (unpaired) electrons. The molecular weight excluding hydrogens is 220 g/mol. The number of unbranched alkanes of at least 4 members (excludes halogenated alkanes) is 1. The summed E-state index contributed by atoms with van der Waals surface area (Å²) in [5.74, 6) is 0. The van der Waals surface area contributed by atoms with E-state index in [1.807, 2.05) is 27.7 Å². The van der Waals surface area contributed by atoms with Crippen molar-refractivity contribution in [3.8, 4) is 0 Å². The van der Waals surface area contributed by atoms with Gasteiger partial charge in [0, 0.05) is 0 Å². The zero-order valence-corrected chi connectivity index (χ0v) is 14.5. The van der Waals surface area contributed by atoms with E-state index in [-0.39, 0.29) is 0 Å². The normalized spacial score (nSPS) is 22.0. The van der Waals surface area contributed by atoms with Gasteiger partial charge in [-0.05, 0) is 25.7 Å². The van der Waals surface area contributed by atoms with Gasteiger partial charge in [-0.1, -0.05) is 74.7 Å². The molecule has 18 heavy (non-hydrogen) atoms. The van der Waals surface area contributed by atoms with Gasteiger partial charge in [0.25, 0.3) is 0 Å². The molecule has 1 nitrogen and oxygen atoms in total. The van der Waals surface area contributed by atoms with Gasteiger partial charge in [0.15, 0.2) is 0 Å². The predicted octanol–water partition coefficient (Wildman–Crippen LogP) is 6.60. The van der Waals surface area contributed by atoms with Crippen LogP contribution in [0.25, 0.3) is 0 Å². The average molecular weight is 261 g/mol. The van der Waals surface area contributed by atoms with Crippen molar-refractivity contribution in [3.05, 3.63) is 0 Å². The van der Waals surface area contributed by atoms with E-state index in [1.54, 1.807) is 0 Å². The second-order valence-corrected chi connectivity index (χ2v) is 4.25. The molecule has 3 aliphatic rings. The molecular formula is C17H40O. The topological polar surface area (TPSA) is 9.23 Å². The molecule has 0 N–H and O–H groups in total. The lowest BCUT2D eigenvalue weighted by Gasteiger charge is -2.41. The monoisotopic (exact) mass is 260 g/mol. The van der Waals surface area contributed by atoms with Crippen molar-refractivity contribution in [2.45, 2.75) is 113 Å². The van der Waals surface area contributed by atoms with Crippen LogP contribution in [0.1, 0.15) is 100 Å². The van der Waals surface area contributed by atoms with Gasteiger partial charge in [0.05, 0.1) is 12.2 Å². The van der Waals surface area contributed by atoms with E-state index < -0.39 is 0 Å². The Morgan fingerprint density at radius 1 is 0.778 bits per heavy atom. The Morgan fingerprint density at radius 3 is 1.11 bits per heavy atom. The van der Waals surface area contributed by atoms with Gasteiger partial charge in [-0.3, -0.25) is 0 Å². The van der Waals surface area contributed by atoms with Crippen LogP contribution in [0.3, 0.4) is 0 Å². The van der Waals surface area contributed by atoms with Gasteiger partial charge in [-0.2, -0.15) is 0 Å². The van der Waals surface area contributed by atoms with E-state index in [2.05, 4.69) is 27.7 Å². The summed E-state index contributed by atoms with van der Waals surface area (Å²) in [6, 6.07) is 0. The van der Waals surface area contributed by atoms with Crippen molar-refractivity contribution in [3.63, 3.8) is 0 Å². The Balaban J connectivity index is -0.000000180. The number of hydrogen-bond donors (Lipinski definition) is 0. The van der Waals surface area contributed by atoms with Crippen molar-refractivity contribution in [2.75, 3.05) is 0 Å². The fourth-order valence-corrected chi connectivity index (χ4v) is 1.50. The number of hydrogen-bond acceptors (Lipinski definition) is 1. The third kappa shape index (κ3) is 16.0. The lowest BCUT2D eigenvalue weighted by Crippen LogP contribution is -2.41. The third-order valence-corrected chi connectivity index (χ3v) is 2.46. The summed E-state index contributed by atoms with van der Waals surface area (Å²) in [5.41, 5.74) is 0. The summed E-state index contributed by atoms with van der Waals surface area (Å²) in [4.78, 5) is 0. The molecule has 1 saturated carbocycles. The van der Waals surface area contributed by atoms with E-state index in [0.717, 1.165) is 0 Å². The van der Waals surface area contributed by atoms with Crippen LogP contribution in [0.2, 0.25) is 0 Å². The first-order valence-corrected chi connectivity index (χ1v) is 8.43. The molecule has 0 spiro atoms. The van der Waals surface area contributed by atoms with Crippen molar-refractivity contribution in [1.29, 1.82) is 0 Å². The van der Waals surface area contributed by atoms with Crippen LogP contribution in [0.4, 0.5) is 0 Å². The Bertz CT molecular complexity index is 90.7. The molecule has 114 valence electrons. The molecule has 2 unspecified atom stereocenters. The average Bonchev–Trinajstić information content (AvgIpc) is 2.44. The highest BCUT2D eigenvalue weighted by atomic mass is 16.5. The molecule has 0 aromatic rings. The Kier molecular flexibility index (Phi) is 28.4. The molecule has 3 rings (SSSR count). The van der Waals surface area contributed by atoms with E-state index in [0.29, 0.717) is 12.2 Å². The highest BCUT2D eigenvalue weighted by Gasteiger charge is 2.33. The molecule has 0 aromatic carbocycles. The van der Waals surface area contributed by atoms with Gasteiger partial charge in [-0.15, -0.1) is 0 Å². The van der Waals surface area contributed by atoms with Gasteiger partial charge in [0.2, 0.25) is 0 Å². The maximum atomic E-state index is 5.38. The first-order chi connectivity index (χ1) is 8.78. The van der Waals surface area contributed by atoms with Crippen molar-refractivity contribution >= 4 is 0 Å². The van der Waals surface area contributed by atoms with E-state index in [4.69, 9.17) is 4.74 Å². The molecule has 0 aromatic heterocycles. The Morgan fingerprint density at radius 2 is 1.06 bits per heavy atom. The second kappa shape index (κ2) is 22.2. The summed E-state index contributed by atoms with van der Waals surface area (Å²) < 4.78 is 5.38. The molecule has 2 bridgehead atoms. The largest absolute Gasteiger partial charge is 0.375 e. The van der Waals surface area contributed by atoms with Crippen LogP contribution in [0.5, 0.6) is 0 Å². The highest BCUT2D eigenvalue weighted by molar-refractivity contribution is 4.82. The molecule has 2 atom stereocenters. The summed E-state index contributed by atoms with van der Waals surface area (Å²) >= 11 is 0. The van der Waals surface area contributed by atoms with Crippen LogP contribution >= 0.6 is 0 Å². The van der Waals surface area contributed by atoms with E-state index in [1.165, 1.54) is 44.9 Å². The smallest absolute Gasteiger partial charge is 0.0603 e. The molecule has 3 fully saturated rings. The lowest BCUT2D eigenvalue weighted by molar-refractivity contribution is -0.155. The summed E-state index contributed by atoms with van der Waals surface area (Å²) in [7, 11) is 0. The van der Waals surface area contributed by atoms with Crippen molar-refractivity contribution in [1.82, 2.24) is 0 Å². The first-order valence-electron chi connectivity index (χ1n) is 8.43. The summed E-state index contributed by atoms with van der Waals surface area (Å²) in [6.45, 7) is 16.6. The van der Waals surface area contributed by atoms with Crippen LogP contribution in [-0.4, -0.2) is 12.2 Å². The molecule has 2 saturated heterocycles. The fourth-order valence-electron chi connectivity index (χ4n) is 1.50. The quantitative estimate of drug-likeness (QED) is 0.516. The summed E-state index contributed by atoms with van der Waals surface area (Å²) in [5, 5.41) is 0. The van der Waals surface area contributed by atoms with Crippen molar-refractivity contribution in [2.24, 2.45) is 0 Å². The minimum absolute atomic E-state index is 0.679. The third-order valence-electron chi connectivity index (χ3n) is 2.46. The van der Waals surface area contributed by atoms with Gasteiger partial charge in [-0.25, -0.2) is 0 Å². The molecule has 2 aliphatic heterocycles. The Hall–Kier alpha value is -0.0400. The maximum absolute atomic E-state index is 5.38. The van der Waals surface area contributed by atoms with Crippen LogP contribution in [0, 0.1) is 0 Å². The minimum Gasteiger partial charge on any atom is -0.375 e. The lowest BCUT2D eigenvalue weighted by atomic mass is 9.89. The molecule has 2 heterocycles. The molecule has 0 amide bonds. The molecule has 1 heteroatoms. The SMILES string of the molecule is C1CC2CC(C1)O2.CC.CC.CCC.CCCC. The zero-order chi connectivity index (χ0) is 14.8. The van der Waals surface area contributed by atoms with Crippen LogP contribution in [-0.2, 0) is 4.74 Å². The maximum Gasteiger partial charge on any atom is 0.0603 e. The molecule has 1 aliphatic carbocycles. The fraction of sp³-hybridized carbons (Fsp3) is 1.00.